The molecule has 6 heteroatoms. The summed E-state index contributed by atoms with van der Waals surface area (Å²) in [4.78, 5) is 38.2. The molecule has 0 radical (unpaired) electrons. The summed E-state index contributed by atoms with van der Waals surface area (Å²) in [6, 6.07) is 0. The van der Waals surface area contributed by atoms with Gasteiger partial charge in [-0.2, -0.15) is 0 Å². The van der Waals surface area contributed by atoms with E-state index in [9.17, 15) is 14.4 Å². The molecule has 0 aliphatic carbocycles. The molecule has 456 valence electrons. The van der Waals surface area contributed by atoms with E-state index in [2.05, 4.69) is 32.9 Å². The summed E-state index contributed by atoms with van der Waals surface area (Å²) < 4.78 is 16.9. The molecular weight excluding hydrogens is 949 g/mol. The van der Waals surface area contributed by atoms with Gasteiger partial charge in [0.25, 0.3) is 0 Å². The number of allylic oxidation sites excluding steroid dienone is 2. The van der Waals surface area contributed by atoms with Gasteiger partial charge in [0, 0.05) is 19.3 Å². The number of esters is 3. The fourth-order valence-corrected chi connectivity index (χ4v) is 11.0. The first kappa shape index (κ1) is 75.2. The third-order valence-electron chi connectivity index (χ3n) is 16.3. The fourth-order valence-electron chi connectivity index (χ4n) is 11.0. The average molecular weight is 1090 g/mol. The maximum Gasteiger partial charge on any atom is 0.306 e. The van der Waals surface area contributed by atoms with Crippen molar-refractivity contribution in [3.63, 3.8) is 0 Å². The maximum atomic E-state index is 12.9. The third-order valence-corrected chi connectivity index (χ3v) is 16.3. The van der Waals surface area contributed by atoms with Gasteiger partial charge < -0.3 is 14.2 Å². The molecule has 6 nitrogen and oxygen atoms in total. The predicted molar refractivity (Wildman–Crippen MR) is 335 cm³/mol. The Balaban J connectivity index is 4.03. The second-order valence-corrected chi connectivity index (χ2v) is 24.2. The normalized spacial score (nSPS) is 12.0. The lowest BCUT2D eigenvalue weighted by atomic mass is 10.0. The van der Waals surface area contributed by atoms with Crippen LogP contribution in [0.15, 0.2) is 12.2 Å². The Hall–Kier alpha value is -1.85. The van der Waals surface area contributed by atoms with Gasteiger partial charge in [-0.1, -0.05) is 354 Å². The number of carbonyl (C=O) groups excluding carboxylic acids is 3. The minimum Gasteiger partial charge on any atom is -0.462 e. The zero-order chi connectivity index (χ0) is 55.7. The van der Waals surface area contributed by atoms with Crippen LogP contribution >= 0.6 is 0 Å². The van der Waals surface area contributed by atoms with Crippen molar-refractivity contribution in [1.82, 2.24) is 0 Å². The van der Waals surface area contributed by atoms with Crippen molar-refractivity contribution in [1.29, 1.82) is 0 Å². The van der Waals surface area contributed by atoms with Crippen molar-refractivity contribution < 1.29 is 28.6 Å². The molecule has 1 atom stereocenters. The van der Waals surface area contributed by atoms with Crippen LogP contribution in [0.3, 0.4) is 0 Å². The number of rotatable bonds is 66. The molecule has 1 unspecified atom stereocenters. The van der Waals surface area contributed by atoms with E-state index in [-0.39, 0.29) is 31.1 Å². The van der Waals surface area contributed by atoms with Crippen LogP contribution in [0.4, 0.5) is 0 Å². The maximum absolute atomic E-state index is 12.9. The van der Waals surface area contributed by atoms with E-state index >= 15 is 0 Å². The van der Waals surface area contributed by atoms with Gasteiger partial charge >= 0.3 is 17.9 Å². The molecule has 0 heterocycles. The van der Waals surface area contributed by atoms with E-state index in [4.69, 9.17) is 14.2 Å². The van der Waals surface area contributed by atoms with E-state index in [1.165, 1.54) is 308 Å². The predicted octanol–water partition coefficient (Wildman–Crippen LogP) is 24.0. The summed E-state index contributed by atoms with van der Waals surface area (Å²) in [5.74, 6) is -0.834. The van der Waals surface area contributed by atoms with Gasteiger partial charge in [-0.05, 0) is 44.9 Å². The molecule has 0 aromatic carbocycles. The smallest absolute Gasteiger partial charge is 0.306 e. The van der Waals surface area contributed by atoms with Gasteiger partial charge in [0.05, 0.1) is 0 Å². The lowest BCUT2D eigenvalue weighted by molar-refractivity contribution is -0.167. The molecule has 0 amide bonds. The Kier molecular flexibility index (Phi) is 65.1. The first-order valence-electron chi connectivity index (χ1n) is 35.2. The SMILES string of the molecule is CCCCCCCCCC/C=C\CCCCCCCCCCCCCCCCCCCC(=O)OCC(COC(=O)CCCCCCCCCC)OC(=O)CCCCCCCCCCCCCCCCCCCCCCCC. The molecule has 0 spiro atoms. The van der Waals surface area contributed by atoms with Crippen molar-refractivity contribution in [2.45, 2.75) is 412 Å². The topological polar surface area (TPSA) is 78.9 Å². The summed E-state index contributed by atoms with van der Waals surface area (Å²) >= 11 is 0. The van der Waals surface area contributed by atoms with Crippen molar-refractivity contribution in [2.75, 3.05) is 13.2 Å². The van der Waals surface area contributed by atoms with Gasteiger partial charge in [0.15, 0.2) is 6.10 Å². The second-order valence-electron chi connectivity index (χ2n) is 24.2. The molecule has 0 fully saturated rings. The van der Waals surface area contributed by atoms with Crippen LogP contribution in [-0.2, 0) is 28.6 Å². The molecule has 0 aliphatic heterocycles. The van der Waals surface area contributed by atoms with E-state index < -0.39 is 6.10 Å². The number of carbonyl (C=O) groups is 3. The molecule has 0 bridgehead atoms. The molecule has 0 N–H and O–H groups in total. The monoisotopic (exact) mass is 1090 g/mol. The number of hydrogen-bond acceptors (Lipinski definition) is 6. The third kappa shape index (κ3) is 64.9. The number of unbranched alkanes of at least 4 members (excludes halogenated alkanes) is 53. The van der Waals surface area contributed by atoms with Gasteiger partial charge in [-0.15, -0.1) is 0 Å². The van der Waals surface area contributed by atoms with Crippen LogP contribution < -0.4 is 0 Å². The highest BCUT2D eigenvalue weighted by Gasteiger charge is 2.19. The van der Waals surface area contributed by atoms with Crippen LogP contribution in [0.1, 0.15) is 406 Å². The second kappa shape index (κ2) is 66.7. The van der Waals surface area contributed by atoms with E-state index in [1.807, 2.05) is 0 Å². The average Bonchev–Trinajstić information content (AvgIpc) is 3.43. The molecular formula is C71H136O6. The van der Waals surface area contributed by atoms with Crippen molar-refractivity contribution in [3.8, 4) is 0 Å². The van der Waals surface area contributed by atoms with Crippen LogP contribution in [0.2, 0.25) is 0 Å². The quantitative estimate of drug-likeness (QED) is 0.0261. The van der Waals surface area contributed by atoms with Crippen LogP contribution in [0.5, 0.6) is 0 Å². The molecule has 0 saturated heterocycles. The number of hydrogen-bond donors (Lipinski definition) is 0. The van der Waals surface area contributed by atoms with Crippen LogP contribution in [0.25, 0.3) is 0 Å². The Morgan fingerprint density at radius 1 is 0.247 bits per heavy atom. The van der Waals surface area contributed by atoms with E-state index in [1.54, 1.807) is 0 Å². The van der Waals surface area contributed by atoms with Gasteiger partial charge in [-0.25, -0.2) is 0 Å². The van der Waals surface area contributed by atoms with E-state index in [0.717, 1.165) is 57.8 Å². The van der Waals surface area contributed by atoms with Gasteiger partial charge in [0.2, 0.25) is 0 Å². The van der Waals surface area contributed by atoms with E-state index in [0.29, 0.717) is 19.3 Å². The Bertz CT molecular complexity index is 1200. The van der Waals surface area contributed by atoms with Gasteiger partial charge in [-0.3, -0.25) is 14.4 Å². The minimum absolute atomic E-state index is 0.0628. The minimum atomic E-state index is -0.763. The summed E-state index contributed by atoms with van der Waals surface area (Å²) in [5, 5.41) is 0. The highest BCUT2D eigenvalue weighted by molar-refractivity contribution is 5.71. The molecule has 0 saturated carbocycles. The van der Waals surface area contributed by atoms with Crippen molar-refractivity contribution in [2.24, 2.45) is 0 Å². The number of ether oxygens (including phenoxy) is 3. The summed E-state index contributed by atoms with van der Waals surface area (Å²) in [6.07, 6.45) is 79.8. The largest absolute Gasteiger partial charge is 0.462 e. The molecule has 77 heavy (non-hydrogen) atoms. The zero-order valence-electron chi connectivity index (χ0n) is 52.5. The van der Waals surface area contributed by atoms with Crippen LogP contribution in [0, 0.1) is 0 Å². The summed E-state index contributed by atoms with van der Waals surface area (Å²) in [5.41, 5.74) is 0. The lowest BCUT2D eigenvalue weighted by Gasteiger charge is -2.18. The summed E-state index contributed by atoms with van der Waals surface area (Å²) in [7, 11) is 0. The van der Waals surface area contributed by atoms with Crippen molar-refractivity contribution in [3.05, 3.63) is 12.2 Å². The molecule has 0 aromatic heterocycles. The highest BCUT2D eigenvalue weighted by Crippen LogP contribution is 2.19. The summed E-state index contributed by atoms with van der Waals surface area (Å²) in [6.45, 7) is 6.69. The first-order chi connectivity index (χ1) is 38.0. The molecule has 0 aromatic rings. The highest BCUT2D eigenvalue weighted by atomic mass is 16.6. The molecule has 0 aliphatic rings. The van der Waals surface area contributed by atoms with Crippen LogP contribution in [-0.4, -0.2) is 37.2 Å². The fraction of sp³-hybridized carbons (Fsp3) is 0.930. The standard InChI is InChI=1S/C71H136O6/c1-4-7-10-13-16-19-21-23-25-27-29-31-33-34-35-36-37-38-39-41-42-44-46-48-50-52-55-58-61-64-70(73)76-67-68(66-75-69(72)63-60-57-54-18-15-12-9-6-3)77-71(74)65-62-59-56-53-51-49-47-45-43-40-32-30-28-26-24-22-20-17-14-11-8-5-2/h27,29,68H,4-26,28,30-67H2,1-3H3/b29-27-. The zero-order valence-corrected chi connectivity index (χ0v) is 52.5. The molecule has 0 rings (SSSR count). The van der Waals surface area contributed by atoms with Gasteiger partial charge in [0.1, 0.15) is 13.2 Å². The van der Waals surface area contributed by atoms with Crippen molar-refractivity contribution >= 4 is 17.9 Å². The Morgan fingerprint density at radius 3 is 0.649 bits per heavy atom. The first-order valence-corrected chi connectivity index (χ1v) is 35.2. The Labute approximate surface area is 481 Å². The lowest BCUT2D eigenvalue weighted by Crippen LogP contribution is -2.30. The Morgan fingerprint density at radius 2 is 0.429 bits per heavy atom.